The third-order valence-corrected chi connectivity index (χ3v) is 5.28. The van der Waals surface area contributed by atoms with Gasteiger partial charge in [0, 0.05) is 18.5 Å². The van der Waals surface area contributed by atoms with Crippen LogP contribution in [0.15, 0.2) is 30.3 Å². The van der Waals surface area contributed by atoms with Gasteiger partial charge in [0.15, 0.2) is 0 Å². The van der Waals surface area contributed by atoms with Crippen LogP contribution in [0.2, 0.25) is 0 Å². The van der Waals surface area contributed by atoms with Crippen LogP contribution >= 0.6 is 12.4 Å². The zero-order chi connectivity index (χ0) is 14.9. The van der Waals surface area contributed by atoms with Gasteiger partial charge in [0.1, 0.15) is 0 Å². The summed E-state index contributed by atoms with van der Waals surface area (Å²) in [5.41, 5.74) is 7.18. The van der Waals surface area contributed by atoms with Crippen molar-refractivity contribution in [2.24, 2.45) is 5.73 Å². The molecule has 1 aromatic carbocycles. The van der Waals surface area contributed by atoms with Crippen LogP contribution in [0.3, 0.4) is 0 Å². The molecule has 2 atom stereocenters. The highest BCUT2D eigenvalue weighted by atomic mass is 35.5. The van der Waals surface area contributed by atoms with E-state index in [1.807, 2.05) is 11.0 Å². The molecule has 2 aliphatic rings. The largest absolute Gasteiger partial charge is 0.338 e. The lowest BCUT2D eigenvalue weighted by Crippen LogP contribution is -2.57. The lowest BCUT2D eigenvalue weighted by Gasteiger charge is -2.37. The molecule has 0 radical (unpaired) electrons. The van der Waals surface area contributed by atoms with Crippen molar-refractivity contribution < 1.29 is 4.79 Å². The molecule has 1 saturated carbocycles. The molecule has 1 heterocycles. The van der Waals surface area contributed by atoms with Crippen LogP contribution in [0.5, 0.6) is 0 Å². The van der Waals surface area contributed by atoms with E-state index in [1.54, 1.807) is 0 Å². The van der Waals surface area contributed by atoms with E-state index in [9.17, 15) is 4.79 Å². The van der Waals surface area contributed by atoms with Gasteiger partial charge in [-0.1, -0.05) is 49.6 Å². The van der Waals surface area contributed by atoms with Crippen molar-refractivity contribution in [3.05, 3.63) is 35.9 Å². The van der Waals surface area contributed by atoms with E-state index in [0.29, 0.717) is 12.0 Å². The molecule has 4 heteroatoms. The minimum Gasteiger partial charge on any atom is -0.338 e. The molecule has 0 bridgehead atoms. The average molecular weight is 323 g/mol. The molecule has 1 saturated heterocycles. The van der Waals surface area contributed by atoms with E-state index >= 15 is 0 Å². The Morgan fingerprint density at radius 2 is 1.82 bits per heavy atom. The monoisotopic (exact) mass is 322 g/mol. The number of nitrogens with two attached hydrogens (primary N) is 1. The van der Waals surface area contributed by atoms with Crippen molar-refractivity contribution in [1.82, 2.24) is 4.90 Å². The fourth-order valence-corrected chi connectivity index (χ4v) is 3.96. The van der Waals surface area contributed by atoms with Crippen LogP contribution < -0.4 is 5.73 Å². The summed E-state index contributed by atoms with van der Waals surface area (Å²) in [6.07, 6.45) is 6.15. The second-order valence-corrected chi connectivity index (χ2v) is 6.87. The maximum absolute atomic E-state index is 12.9. The second kappa shape index (κ2) is 7.01. The van der Waals surface area contributed by atoms with E-state index in [-0.39, 0.29) is 18.3 Å². The Labute approximate surface area is 139 Å². The highest BCUT2D eigenvalue weighted by molar-refractivity contribution is 5.87. The standard InChI is InChI=1S/C18H26N2O.ClH/c1-14-12-16(15-8-4-2-5-9-15)13-20(14)17(21)18(19)10-6-3-7-11-18;/h2,4-5,8-9,14,16H,3,6-7,10-13,19H2,1H3;1H. The Bertz CT molecular complexity index is 499. The molecule has 0 spiro atoms. The fraction of sp³-hybridized carbons (Fsp3) is 0.611. The van der Waals surface area contributed by atoms with Crippen LogP contribution in [0.1, 0.15) is 56.9 Å². The van der Waals surface area contributed by atoms with Gasteiger partial charge in [-0.15, -0.1) is 12.4 Å². The number of hydrogen-bond acceptors (Lipinski definition) is 2. The molecule has 2 fully saturated rings. The summed E-state index contributed by atoms with van der Waals surface area (Å²) in [5.74, 6) is 0.644. The molecular weight excluding hydrogens is 296 g/mol. The molecule has 1 aliphatic carbocycles. The fourth-order valence-electron chi connectivity index (χ4n) is 3.96. The zero-order valence-corrected chi connectivity index (χ0v) is 14.1. The smallest absolute Gasteiger partial charge is 0.242 e. The van der Waals surface area contributed by atoms with E-state index in [0.717, 1.165) is 38.6 Å². The quantitative estimate of drug-likeness (QED) is 0.906. The second-order valence-electron chi connectivity index (χ2n) is 6.87. The summed E-state index contributed by atoms with van der Waals surface area (Å²) >= 11 is 0. The maximum atomic E-state index is 12.9. The summed E-state index contributed by atoms with van der Waals surface area (Å²) in [4.78, 5) is 15.0. The predicted molar refractivity (Wildman–Crippen MR) is 92.2 cm³/mol. The Balaban J connectivity index is 0.00000176. The lowest BCUT2D eigenvalue weighted by atomic mass is 9.81. The van der Waals surface area contributed by atoms with Gasteiger partial charge in [0.05, 0.1) is 5.54 Å². The lowest BCUT2D eigenvalue weighted by molar-refractivity contribution is -0.138. The summed E-state index contributed by atoms with van der Waals surface area (Å²) in [6.45, 7) is 2.98. The Morgan fingerprint density at radius 3 is 2.45 bits per heavy atom. The van der Waals surface area contributed by atoms with Crippen LogP contribution in [0.4, 0.5) is 0 Å². The van der Waals surface area contributed by atoms with Crippen LogP contribution in [-0.2, 0) is 4.79 Å². The first-order chi connectivity index (χ1) is 10.1. The number of halogens is 1. The average Bonchev–Trinajstić information content (AvgIpc) is 2.90. The van der Waals surface area contributed by atoms with Gasteiger partial charge in [0.25, 0.3) is 0 Å². The number of hydrogen-bond donors (Lipinski definition) is 1. The van der Waals surface area contributed by atoms with Crippen molar-refractivity contribution >= 4 is 18.3 Å². The molecule has 2 N–H and O–H groups in total. The molecule has 1 amide bonds. The van der Waals surface area contributed by atoms with Gasteiger partial charge in [-0.05, 0) is 31.7 Å². The Hall–Kier alpha value is -1.06. The first-order valence-corrected chi connectivity index (χ1v) is 8.25. The van der Waals surface area contributed by atoms with Gasteiger partial charge < -0.3 is 10.6 Å². The highest BCUT2D eigenvalue weighted by Gasteiger charge is 2.43. The van der Waals surface area contributed by atoms with Gasteiger partial charge >= 0.3 is 0 Å². The topological polar surface area (TPSA) is 46.3 Å². The normalized spacial score (nSPS) is 27.3. The minimum absolute atomic E-state index is 0. The van der Waals surface area contributed by atoms with E-state index in [1.165, 1.54) is 12.0 Å². The number of benzene rings is 1. The third kappa shape index (κ3) is 3.31. The van der Waals surface area contributed by atoms with Gasteiger partial charge in [-0.3, -0.25) is 4.79 Å². The molecule has 122 valence electrons. The molecular formula is C18H27ClN2O. The first kappa shape index (κ1) is 17.3. The Morgan fingerprint density at radius 1 is 1.18 bits per heavy atom. The number of rotatable bonds is 2. The molecule has 0 aromatic heterocycles. The van der Waals surface area contributed by atoms with Crippen molar-refractivity contribution in [2.45, 2.75) is 62.9 Å². The van der Waals surface area contributed by atoms with Crippen molar-refractivity contribution in [3.63, 3.8) is 0 Å². The SMILES string of the molecule is CC1CC(c2ccccc2)CN1C(=O)C1(N)CCCCC1.Cl. The third-order valence-electron chi connectivity index (χ3n) is 5.28. The molecule has 1 aliphatic heterocycles. The Kier molecular flexibility index (Phi) is 5.51. The van der Waals surface area contributed by atoms with Gasteiger partial charge in [0.2, 0.25) is 5.91 Å². The summed E-state index contributed by atoms with van der Waals surface area (Å²) < 4.78 is 0. The van der Waals surface area contributed by atoms with E-state index in [4.69, 9.17) is 5.73 Å². The number of likely N-dealkylation sites (tertiary alicyclic amines) is 1. The minimum atomic E-state index is -0.599. The van der Waals surface area contributed by atoms with Crippen molar-refractivity contribution in [1.29, 1.82) is 0 Å². The summed E-state index contributed by atoms with van der Waals surface area (Å²) in [6, 6.07) is 10.8. The van der Waals surface area contributed by atoms with E-state index in [2.05, 4.69) is 31.2 Å². The molecule has 22 heavy (non-hydrogen) atoms. The molecule has 3 rings (SSSR count). The maximum Gasteiger partial charge on any atom is 0.242 e. The van der Waals surface area contributed by atoms with Crippen LogP contribution in [0.25, 0.3) is 0 Å². The van der Waals surface area contributed by atoms with Crippen LogP contribution in [-0.4, -0.2) is 28.9 Å². The van der Waals surface area contributed by atoms with Crippen molar-refractivity contribution in [3.8, 4) is 0 Å². The predicted octanol–water partition coefficient (Wildman–Crippen LogP) is 3.47. The van der Waals surface area contributed by atoms with Crippen LogP contribution in [0, 0.1) is 0 Å². The number of carbonyl (C=O) groups is 1. The summed E-state index contributed by atoms with van der Waals surface area (Å²) in [5, 5.41) is 0. The number of amides is 1. The zero-order valence-electron chi connectivity index (χ0n) is 13.3. The molecule has 2 unspecified atom stereocenters. The van der Waals surface area contributed by atoms with Gasteiger partial charge in [-0.25, -0.2) is 0 Å². The number of carbonyl (C=O) groups excluding carboxylic acids is 1. The first-order valence-electron chi connectivity index (χ1n) is 8.25. The molecule has 3 nitrogen and oxygen atoms in total. The summed E-state index contributed by atoms with van der Waals surface area (Å²) in [7, 11) is 0. The molecule has 1 aromatic rings. The number of nitrogens with zero attached hydrogens (tertiary/aromatic N) is 1. The van der Waals surface area contributed by atoms with E-state index < -0.39 is 5.54 Å². The van der Waals surface area contributed by atoms with Crippen molar-refractivity contribution in [2.75, 3.05) is 6.54 Å². The van der Waals surface area contributed by atoms with Gasteiger partial charge in [-0.2, -0.15) is 0 Å². The highest BCUT2D eigenvalue weighted by Crippen LogP contribution is 2.35.